The van der Waals surface area contributed by atoms with Crippen molar-refractivity contribution in [2.45, 2.75) is 57.6 Å². The van der Waals surface area contributed by atoms with E-state index in [1.165, 1.54) is 0 Å². The third kappa shape index (κ3) is 2.57. The minimum atomic E-state index is -0.121. The Morgan fingerprint density at radius 2 is 2.24 bits per heavy atom. The molecular weight excluding hydrogens is 288 g/mol. The summed E-state index contributed by atoms with van der Waals surface area (Å²) < 4.78 is 10.1. The number of nitrogens with zero attached hydrogens (tertiary/aromatic N) is 4. The van der Waals surface area contributed by atoms with Crippen LogP contribution in [0.1, 0.15) is 44.6 Å². The Labute approximate surface area is 130 Å². The Kier molecular flexibility index (Phi) is 3.97. The smallest absolute Gasteiger partial charge is 0.158 e. The molecule has 5 nitrogen and oxygen atoms in total. The summed E-state index contributed by atoms with van der Waals surface area (Å²) >= 11 is 6.12. The van der Waals surface area contributed by atoms with E-state index in [-0.39, 0.29) is 5.60 Å². The summed E-state index contributed by atoms with van der Waals surface area (Å²) in [4.78, 5) is 4.74. The van der Waals surface area contributed by atoms with Crippen molar-refractivity contribution < 1.29 is 4.74 Å². The van der Waals surface area contributed by atoms with E-state index < -0.39 is 0 Å². The second kappa shape index (κ2) is 5.61. The Bertz CT molecular complexity index is 640. The van der Waals surface area contributed by atoms with E-state index in [0.717, 1.165) is 61.5 Å². The van der Waals surface area contributed by atoms with Gasteiger partial charge < -0.3 is 9.30 Å². The fourth-order valence-corrected chi connectivity index (χ4v) is 3.46. The van der Waals surface area contributed by atoms with Gasteiger partial charge in [-0.05, 0) is 26.2 Å². The van der Waals surface area contributed by atoms with Crippen LogP contribution in [-0.4, -0.2) is 31.5 Å². The summed E-state index contributed by atoms with van der Waals surface area (Å²) in [7, 11) is 1.98. The molecule has 0 radical (unpaired) electrons. The summed E-state index contributed by atoms with van der Waals surface area (Å²) in [5.41, 5.74) is 3.00. The van der Waals surface area contributed by atoms with E-state index in [0.29, 0.717) is 5.88 Å². The monoisotopic (exact) mass is 310 g/mol. The topological polar surface area (TPSA) is 44.9 Å². The Balaban J connectivity index is 2.07. The summed E-state index contributed by atoms with van der Waals surface area (Å²) in [6, 6.07) is 0. The number of hydrogen-bond donors (Lipinski definition) is 0. The van der Waals surface area contributed by atoms with E-state index in [4.69, 9.17) is 21.3 Å². The lowest BCUT2D eigenvalue weighted by Gasteiger charge is -2.24. The zero-order valence-corrected chi connectivity index (χ0v) is 13.8. The maximum atomic E-state index is 6.12. The van der Waals surface area contributed by atoms with Gasteiger partial charge in [0.25, 0.3) is 0 Å². The number of ether oxygens (including phenoxy) is 1. The van der Waals surface area contributed by atoms with Crippen molar-refractivity contribution in [1.82, 2.24) is 19.3 Å². The molecule has 1 aliphatic rings. The molecule has 0 saturated carbocycles. The zero-order valence-electron chi connectivity index (χ0n) is 13.0. The molecule has 1 fully saturated rings. The number of alkyl halides is 1. The Morgan fingerprint density at radius 3 is 2.86 bits per heavy atom. The van der Waals surface area contributed by atoms with Gasteiger partial charge in [0.15, 0.2) is 5.65 Å². The van der Waals surface area contributed by atoms with Gasteiger partial charge in [0.1, 0.15) is 11.3 Å². The molecule has 116 valence electrons. The number of aryl methyl sites for hydroxylation is 2. The minimum Gasteiger partial charge on any atom is -0.373 e. The number of rotatable bonds is 5. The first kappa shape index (κ1) is 14.9. The van der Waals surface area contributed by atoms with Crippen LogP contribution in [0.3, 0.4) is 0 Å². The number of fused-ring (bicyclic) bond motifs is 1. The Morgan fingerprint density at radius 1 is 1.43 bits per heavy atom. The van der Waals surface area contributed by atoms with Crippen LogP contribution in [0, 0.1) is 0 Å². The van der Waals surface area contributed by atoms with Crippen molar-refractivity contribution in [3.63, 3.8) is 0 Å². The van der Waals surface area contributed by atoms with Crippen LogP contribution in [0.2, 0.25) is 0 Å². The maximum Gasteiger partial charge on any atom is 0.158 e. The second-order valence-electron chi connectivity index (χ2n) is 6.14. The molecule has 0 bridgehead atoms. The lowest BCUT2D eigenvalue weighted by Crippen LogP contribution is -2.30. The van der Waals surface area contributed by atoms with Crippen LogP contribution in [0.4, 0.5) is 0 Å². The predicted molar refractivity (Wildman–Crippen MR) is 83.6 cm³/mol. The molecule has 3 heterocycles. The van der Waals surface area contributed by atoms with Crippen LogP contribution in [-0.2, 0) is 30.6 Å². The number of imidazole rings is 1. The van der Waals surface area contributed by atoms with E-state index >= 15 is 0 Å². The van der Waals surface area contributed by atoms with Gasteiger partial charge in [-0.3, -0.25) is 4.68 Å². The molecule has 0 aliphatic carbocycles. The predicted octanol–water partition coefficient (Wildman–Crippen LogP) is 3.03. The van der Waals surface area contributed by atoms with Gasteiger partial charge in [0.2, 0.25) is 0 Å². The molecule has 0 amide bonds. The van der Waals surface area contributed by atoms with E-state index in [2.05, 4.69) is 23.5 Å². The average molecular weight is 311 g/mol. The molecule has 0 N–H and O–H groups in total. The minimum absolute atomic E-state index is 0.121. The summed E-state index contributed by atoms with van der Waals surface area (Å²) in [5, 5.41) is 4.62. The highest BCUT2D eigenvalue weighted by atomic mass is 35.5. The van der Waals surface area contributed by atoms with Crippen LogP contribution in [0.25, 0.3) is 11.2 Å². The third-order valence-electron chi connectivity index (χ3n) is 4.27. The molecule has 1 atom stereocenters. The van der Waals surface area contributed by atoms with Crippen LogP contribution >= 0.6 is 11.6 Å². The fourth-order valence-electron chi connectivity index (χ4n) is 3.26. The highest BCUT2D eigenvalue weighted by Gasteiger charge is 2.32. The van der Waals surface area contributed by atoms with Crippen molar-refractivity contribution in [3.05, 3.63) is 11.5 Å². The summed E-state index contributed by atoms with van der Waals surface area (Å²) in [6.45, 7) is 5.97. The van der Waals surface area contributed by atoms with Crippen molar-refractivity contribution in [2.75, 3.05) is 6.61 Å². The van der Waals surface area contributed by atoms with Gasteiger partial charge in [-0.25, -0.2) is 4.98 Å². The quantitative estimate of drug-likeness (QED) is 0.797. The van der Waals surface area contributed by atoms with Gasteiger partial charge >= 0.3 is 0 Å². The van der Waals surface area contributed by atoms with Gasteiger partial charge in [-0.15, -0.1) is 11.6 Å². The van der Waals surface area contributed by atoms with Crippen LogP contribution in [0.15, 0.2) is 0 Å². The molecule has 2 aromatic rings. The second-order valence-corrected chi connectivity index (χ2v) is 6.41. The molecule has 3 rings (SSSR count). The highest BCUT2D eigenvalue weighted by molar-refractivity contribution is 6.16. The first-order valence-electron chi connectivity index (χ1n) is 7.69. The number of halogens is 1. The highest BCUT2D eigenvalue weighted by Crippen LogP contribution is 2.30. The molecule has 0 aromatic carbocycles. The molecular formula is C15H23ClN4O. The van der Waals surface area contributed by atoms with Crippen molar-refractivity contribution >= 4 is 22.8 Å². The van der Waals surface area contributed by atoms with Gasteiger partial charge in [-0.2, -0.15) is 5.10 Å². The fraction of sp³-hybridized carbons (Fsp3) is 0.733. The van der Waals surface area contributed by atoms with Gasteiger partial charge in [0, 0.05) is 13.7 Å². The van der Waals surface area contributed by atoms with Crippen molar-refractivity contribution in [3.8, 4) is 0 Å². The standard InChI is InChI=1S/C15H23ClN4O/c1-4-6-11-13-14(19(3)18-11)20(12(9-16)17-13)10-15(2)7-5-8-21-15/h4-10H2,1-3H3. The molecule has 0 spiro atoms. The van der Waals surface area contributed by atoms with Gasteiger partial charge in [-0.1, -0.05) is 13.3 Å². The van der Waals surface area contributed by atoms with Gasteiger partial charge in [0.05, 0.1) is 23.7 Å². The lowest BCUT2D eigenvalue weighted by molar-refractivity contribution is 0.00639. The number of aromatic nitrogens is 4. The van der Waals surface area contributed by atoms with Crippen LogP contribution in [0.5, 0.6) is 0 Å². The molecule has 21 heavy (non-hydrogen) atoms. The molecule has 6 heteroatoms. The maximum absolute atomic E-state index is 6.12. The molecule has 2 aromatic heterocycles. The van der Waals surface area contributed by atoms with Crippen molar-refractivity contribution in [2.24, 2.45) is 7.05 Å². The molecule has 1 aliphatic heterocycles. The molecule has 1 unspecified atom stereocenters. The zero-order chi connectivity index (χ0) is 15.0. The lowest BCUT2D eigenvalue weighted by atomic mass is 10.0. The first-order chi connectivity index (χ1) is 10.1. The summed E-state index contributed by atoms with van der Waals surface area (Å²) in [5.74, 6) is 1.32. The summed E-state index contributed by atoms with van der Waals surface area (Å²) in [6.07, 6.45) is 4.21. The SMILES string of the molecule is CCCc1nn(C)c2c1nc(CCl)n2CC1(C)CCCO1. The van der Waals surface area contributed by atoms with E-state index in [1.807, 2.05) is 11.7 Å². The third-order valence-corrected chi connectivity index (χ3v) is 4.51. The number of hydrogen-bond acceptors (Lipinski definition) is 3. The average Bonchev–Trinajstić information content (AvgIpc) is 3.10. The van der Waals surface area contributed by atoms with E-state index in [9.17, 15) is 0 Å². The van der Waals surface area contributed by atoms with Crippen molar-refractivity contribution in [1.29, 1.82) is 0 Å². The Hall–Kier alpha value is -1.07. The van der Waals surface area contributed by atoms with E-state index in [1.54, 1.807) is 0 Å². The molecule has 1 saturated heterocycles. The first-order valence-corrected chi connectivity index (χ1v) is 8.22. The van der Waals surface area contributed by atoms with Crippen LogP contribution < -0.4 is 0 Å². The largest absolute Gasteiger partial charge is 0.373 e. The normalized spacial score (nSPS) is 22.5.